The number of hydrogen-bond donors (Lipinski definition) is 2. The molecule has 1 aromatic carbocycles. The number of nitrogens with one attached hydrogen (secondary N) is 2. The molecule has 5 rings (SSSR count). The highest BCUT2D eigenvalue weighted by Crippen LogP contribution is 2.34. The van der Waals surface area contributed by atoms with Crippen LogP contribution < -0.4 is 10.6 Å². The van der Waals surface area contributed by atoms with Crippen LogP contribution in [0.4, 0.5) is 0 Å². The fraction of sp³-hybridized carbons (Fsp3) is 0.591. The predicted molar refractivity (Wildman–Crippen MR) is 107 cm³/mol. The quantitative estimate of drug-likeness (QED) is 0.702. The molecule has 29 heavy (non-hydrogen) atoms. The van der Waals surface area contributed by atoms with Gasteiger partial charge < -0.3 is 10.2 Å². The van der Waals surface area contributed by atoms with Crippen molar-refractivity contribution in [2.45, 2.75) is 57.3 Å². The lowest BCUT2D eigenvalue weighted by molar-refractivity contribution is -0.136. The number of fused-ring (bicyclic) bond motifs is 1. The fourth-order valence-corrected chi connectivity index (χ4v) is 4.97. The van der Waals surface area contributed by atoms with Gasteiger partial charge >= 0.3 is 0 Å². The van der Waals surface area contributed by atoms with Crippen molar-refractivity contribution in [2.24, 2.45) is 5.92 Å². The summed E-state index contributed by atoms with van der Waals surface area (Å²) in [7, 11) is 0. The van der Waals surface area contributed by atoms with Gasteiger partial charge in [-0.15, -0.1) is 0 Å². The largest absolute Gasteiger partial charge is 0.322 e. The fourth-order valence-electron chi connectivity index (χ4n) is 4.97. The van der Waals surface area contributed by atoms with Gasteiger partial charge in [0.15, 0.2) is 0 Å². The Kier molecular flexibility index (Phi) is 4.87. The van der Waals surface area contributed by atoms with Crippen LogP contribution in [0.3, 0.4) is 0 Å². The van der Waals surface area contributed by atoms with Crippen LogP contribution in [0.25, 0.3) is 0 Å². The minimum Gasteiger partial charge on any atom is -0.322 e. The highest BCUT2D eigenvalue weighted by Gasteiger charge is 2.40. The molecule has 1 unspecified atom stereocenters. The van der Waals surface area contributed by atoms with Gasteiger partial charge in [0.2, 0.25) is 11.8 Å². The molecule has 0 radical (unpaired) electrons. The molecule has 4 aliphatic rings. The number of benzene rings is 1. The van der Waals surface area contributed by atoms with Crippen LogP contribution in [0.5, 0.6) is 0 Å². The van der Waals surface area contributed by atoms with E-state index in [-0.39, 0.29) is 24.1 Å². The van der Waals surface area contributed by atoms with Crippen molar-refractivity contribution in [3.05, 3.63) is 34.9 Å². The highest BCUT2D eigenvalue weighted by atomic mass is 16.2. The van der Waals surface area contributed by atoms with Crippen molar-refractivity contribution in [3.63, 3.8) is 0 Å². The number of amides is 3. The molecule has 3 heterocycles. The van der Waals surface area contributed by atoms with Crippen LogP contribution in [0.2, 0.25) is 0 Å². The topological polar surface area (TPSA) is 81.8 Å². The Morgan fingerprint density at radius 2 is 1.97 bits per heavy atom. The molecule has 7 heteroatoms. The zero-order valence-electron chi connectivity index (χ0n) is 16.7. The monoisotopic (exact) mass is 396 g/mol. The first-order valence-corrected chi connectivity index (χ1v) is 10.8. The third-order valence-electron chi connectivity index (χ3n) is 6.75. The standard InChI is InChI=1S/C22H28N4O3/c27-19-7-6-18(21(28)24-19)26-13-16-3-1-2-15(20(16)22(26)29)12-25(11-14-4-5-14)17-8-9-23-10-17/h1-3,14,17-18,23H,4-13H2,(H,24,27,28)/t17-,18?/m1/s1. The summed E-state index contributed by atoms with van der Waals surface area (Å²) in [6.45, 7) is 4.39. The zero-order chi connectivity index (χ0) is 20.0. The molecule has 0 bridgehead atoms. The molecule has 3 fully saturated rings. The lowest BCUT2D eigenvalue weighted by atomic mass is 10.0. The summed E-state index contributed by atoms with van der Waals surface area (Å²) < 4.78 is 0. The number of carbonyl (C=O) groups is 3. The molecule has 0 aromatic heterocycles. The van der Waals surface area contributed by atoms with Gasteiger partial charge in [0.1, 0.15) is 6.04 Å². The summed E-state index contributed by atoms with van der Waals surface area (Å²) in [4.78, 5) is 41.3. The summed E-state index contributed by atoms with van der Waals surface area (Å²) in [5, 5.41) is 5.84. The van der Waals surface area contributed by atoms with Gasteiger partial charge in [-0.1, -0.05) is 18.2 Å². The van der Waals surface area contributed by atoms with Gasteiger partial charge in [-0.05, 0) is 49.3 Å². The number of rotatable bonds is 6. The second-order valence-corrected chi connectivity index (χ2v) is 8.87. The Balaban J connectivity index is 1.37. The third-order valence-corrected chi connectivity index (χ3v) is 6.75. The minimum atomic E-state index is -0.554. The van der Waals surface area contributed by atoms with Crippen LogP contribution in [0.1, 0.15) is 53.6 Å². The van der Waals surface area contributed by atoms with Gasteiger partial charge in [0.25, 0.3) is 5.91 Å². The van der Waals surface area contributed by atoms with Gasteiger partial charge in [-0.2, -0.15) is 0 Å². The summed E-state index contributed by atoms with van der Waals surface area (Å²) in [6, 6.07) is 6.05. The number of nitrogens with zero attached hydrogens (tertiary/aromatic N) is 2. The first-order valence-electron chi connectivity index (χ1n) is 10.8. The molecule has 2 N–H and O–H groups in total. The number of carbonyl (C=O) groups excluding carboxylic acids is 3. The van der Waals surface area contributed by atoms with E-state index < -0.39 is 6.04 Å². The lowest BCUT2D eigenvalue weighted by Gasteiger charge is -2.30. The Morgan fingerprint density at radius 3 is 2.69 bits per heavy atom. The van der Waals surface area contributed by atoms with Crippen molar-refractivity contribution in [3.8, 4) is 0 Å². The second kappa shape index (κ2) is 7.54. The van der Waals surface area contributed by atoms with Gasteiger partial charge in [-0.3, -0.25) is 24.6 Å². The van der Waals surface area contributed by atoms with Crippen molar-refractivity contribution in [2.75, 3.05) is 19.6 Å². The average molecular weight is 396 g/mol. The zero-order valence-corrected chi connectivity index (χ0v) is 16.7. The first-order chi connectivity index (χ1) is 14.1. The Hall–Kier alpha value is -2.25. The minimum absolute atomic E-state index is 0.0685. The van der Waals surface area contributed by atoms with Crippen molar-refractivity contribution in [1.29, 1.82) is 0 Å². The second-order valence-electron chi connectivity index (χ2n) is 8.87. The molecular formula is C22H28N4O3. The van der Waals surface area contributed by atoms with E-state index in [1.165, 1.54) is 12.8 Å². The van der Waals surface area contributed by atoms with Gasteiger partial charge in [-0.25, -0.2) is 0 Å². The van der Waals surface area contributed by atoms with E-state index in [1.807, 2.05) is 12.1 Å². The third kappa shape index (κ3) is 3.69. The molecule has 154 valence electrons. The van der Waals surface area contributed by atoms with Crippen LogP contribution in [-0.2, 0) is 22.7 Å². The van der Waals surface area contributed by atoms with E-state index in [9.17, 15) is 14.4 Å². The number of imide groups is 1. The number of hydrogen-bond acceptors (Lipinski definition) is 5. The van der Waals surface area contributed by atoms with Crippen LogP contribution in [-0.4, -0.2) is 59.2 Å². The van der Waals surface area contributed by atoms with Crippen molar-refractivity contribution < 1.29 is 14.4 Å². The summed E-state index contributed by atoms with van der Waals surface area (Å²) in [5.74, 6) is 0.123. The molecule has 2 saturated heterocycles. The van der Waals surface area contributed by atoms with E-state index in [4.69, 9.17) is 0 Å². The number of piperidine rings is 1. The van der Waals surface area contributed by atoms with E-state index >= 15 is 0 Å². The Labute approximate surface area is 170 Å². The molecular weight excluding hydrogens is 368 g/mol. The molecule has 1 saturated carbocycles. The highest BCUT2D eigenvalue weighted by molar-refractivity contribution is 6.05. The van der Waals surface area contributed by atoms with E-state index in [0.717, 1.165) is 55.2 Å². The van der Waals surface area contributed by atoms with E-state index in [1.54, 1.807) is 4.90 Å². The van der Waals surface area contributed by atoms with Crippen LogP contribution in [0.15, 0.2) is 18.2 Å². The van der Waals surface area contributed by atoms with Crippen molar-refractivity contribution >= 4 is 17.7 Å². The molecule has 7 nitrogen and oxygen atoms in total. The van der Waals surface area contributed by atoms with Gasteiger partial charge in [0.05, 0.1) is 0 Å². The Bertz CT molecular complexity index is 844. The maximum atomic E-state index is 13.3. The molecule has 1 aliphatic carbocycles. The summed E-state index contributed by atoms with van der Waals surface area (Å²) in [6.07, 6.45) is 4.46. The molecule has 2 atom stereocenters. The molecule has 3 aliphatic heterocycles. The normalized spacial score (nSPS) is 26.9. The van der Waals surface area contributed by atoms with Crippen LogP contribution >= 0.6 is 0 Å². The summed E-state index contributed by atoms with van der Waals surface area (Å²) in [5.41, 5.74) is 2.83. The van der Waals surface area contributed by atoms with E-state index in [0.29, 0.717) is 19.0 Å². The van der Waals surface area contributed by atoms with Gasteiger partial charge in [0, 0.05) is 44.2 Å². The predicted octanol–water partition coefficient (Wildman–Crippen LogP) is 1.02. The molecule has 3 amide bonds. The van der Waals surface area contributed by atoms with Crippen LogP contribution in [0, 0.1) is 5.92 Å². The Morgan fingerprint density at radius 1 is 1.10 bits per heavy atom. The van der Waals surface area contributed by atoms with E-state index in [2.05, 4.69) is 21.6 Å². The smallest absolute Gasteiger partial charge is 0.255 e. The SMILES string of the molecule is O=C1CCC(N2Cc3cccc(CN(CC4CC4)[C@@H]4CCNC4)c3C2=O)C(=O)N1. The molecule has 1 aromatic rings. The first kappa shape index (κ1) is 18.8. The van der Waals surface area contributed by atoms with Crippen molar-refractivity contribution in [1.82, 2.24) is 20.4 Å². The summed E-state index contributed by atoms with van der Waals surface area (Å²) >= 11 is 0. The maximum Gasteiger partial charge on any atom is 0.255 e. The lowest BCUT2D eigenvalue weighted by Crippen LogP contribution is -2.52. The maximum absolute atomic E-state index is 13.3. The average Bonchev–Trinajstić information content (AvgIpc) is 3.22. The molecule has 0 spiro atoms.